The standard InChI is InChI=1S/C28H25ClN2O4/c1-3-8-21-13-20(14-25(33-4-2)27(21)34-18-19-9-6-5-7-10-19)17-30-31-28(32)26-16-22-15-23(29)11-12-24(22)35-26/h3,5-7,9-17H,1,4,8,18H2,2H3,(H,31,32)/b30-17+. The lowest BCUT2D eigenvalue weighted by atomic mass is 10.1. The summed E-state index contributed by atoms with van der Waals surface area (Å²) in [5.41, 5.74) is 5.78. The molecule has 0 radical (unpaired) electrons. The molecule has 0 bridgehead atoms. The molecular weight excluding hydrogens is 464 g/mol. The van der Waals surface area contributed by atoms with Gasteiger partial charge in [-0.1, -0.05) is 48.0 Å². The molecule has 6 nitrogen and oxygen atoms in total. The second kappa shape index (κ2) is 11.4. The summed E-state index contributed by atoms with van der Waals surface area (Å²) >= 11 is 6.00. The van der Waals surface area contributed by atoms with Gasteiger partial charge in [0.15, 0.2) is 17.3 Å². The normalized spacial score (nSPS) is 11.0. The van der Waals surface area contributed by atoms with Crippen molar-refractivity contribution in [2.24, 2.45) is 5.10 Å². The van der Waals surface area contributed by atoms with Gasteiger partial charge in [0.2, 0.25) is 0 Å². The molecule has 0 unspecified atom stereocenters. The summed E-state index contributed by atoms with van der Waals surface area (Å²) < 4.78 is 17.6. The van der Waals surface area contributed by atoms with Gasteiger partial charge in [-0.05, 0) is 60.9 Å². The molecule has 4 aromatic rings. The number of hydrogen-bond acceptors (Lipinski definition) is 5. The Morgan fingerprint density at radius 3 is 2.71 bits per heavy atom. The maximum atomic E-state index is 12.5. The summed E-state index contributed by atoms with van der Waals surface area (Å²) in [6.45, 7) is 6.66. The number of furan rings is 1. The number of nitrogens with zero attached hydrogens (tertiary/aromatic N) is 1. The lowest BCUT2D eigenvalue weighted by Gasteiger charge is -2.16. The van der Waals surface area contributed by atoms with E-state index in [2.05, 4.69) is 17.1 Å². The van der Waals surface area contributed by atoms with E-state index in [9.17, 15) is 4.79 Å². The summed E-state index contributed by atoms with van der Waals surface area (Å²) in [7, 11) is 0. The molecule has 4 rings (SSSR count). The largest absolute Gasteiger partial charge is 0.490 e. The van der Waals surface area contributed by atoms with E-state index in [1.54, 1.807) is 36.6 Å². The molecule has 0 saturated carbocycles. The van der Waals surface area contributed by atoms with E-state index in [0.29, 0.717) is 41.7 Å². The first-order valence-electron chi connectivity index (χ1n) is 11.2. The Balaban J connectivity index is 1.52. The molecule has 3 aromatic carbocycles. The predicted octanol–water partition coefficient (Wildman–Crippen LogP) is 6.56. The Hall–Kier alpha value is -4.03. The first-order chi connectivity index (χ1) is 17.1. The first-order valence-corrected chi connectivity index (χ1v) is 11.5. The van der Waals surface area contributed by atoms with Crippen LogP contribution in [0.1, 0.15) is 34.2 Å². The number of carbonyl (C=O) groups excluding carboxylic acids is 1. The summed E-state index contributed by atoms with van der Waals surface area (Å²) in [4.78, 5) is 12.5. The van der Waals surface area contributed by atoms with Gasteiger partial charge in [-0.2, -0.15) is 5.10 Å². The van der Waals surface area contributed by atoms with Crippen LogP contribution in [0.3, 0.4) is 0 Å². The molecule has 0 fully saturated rings. The summed E-state index contributed by atoms with van der Waals surface area (Å²) in [5, 5.41) is 5.41. The van der Waals surface area contributed by atoms with Gasteiger partial charge in [-0.3, -0.25) is 4.79 Å². The molecule has 0 spiro atoms. The van der Waals surface area contributed by atoms with Gasteiger partial charge in [-0.25, -0.2) is 5.43 Å². The maximum Gasteiger partial charge on any atom is 0.307 e. The molecule has 178 valence electrons. The molecule has 0 atom stereocenters. The van der Waals surface area contributed by atoms with Crippen molar-refractivity contribution >= 4 is 34.7 Å². The van der Waals surface area contributed by atoms with Gasteiger partial charge in [0, 0.05) is 16.0 Å². The fourth-order valence-electron chi connectivity index (χ4n) is 3.57. The minimum absolute atomic E-state index is 0.145. The quantitative estimate of drug-likeness (QED) is 0.156. The van der Waals surface area contributed by atoms with Crippen molar-refractivity contribution < 1.29 is 18.7 Å². The van der Waals surface area contributed by atoms with Gasteiger partial charge in [0.25, 0.3) is 0 Å². The molecule has 1 N–H and O–H groups in total. The van der Waals surface area contributed by atoms with Crippen LogP contribution in [0.15, 0.2) is 88.9 Å². The van der Waals surface area contributed by atoms with Gasteiger partial charge in [-0.15, -0.1) is 6.58 Å². The van der Waals surface area contributed by atoms with Gasteiger partial charge < -0.3 is 13.9 Å². The molecule has 7 heteroatoms. The van der Waals surface area contributed by atoms with Gasteiger partial charge in [0.1, 0.15) is 12.2 Å². The average molecular weight is 489 g/mol. The number of hydrazone groups is 1. The van der Waals surface area contributed by atoms with Crippen molar-refractivity contribution in [2.75, 3.05) is 6.61 Å². The highest BCUT2D eigenvalue weighted by atomic mass is 35.5. The molecule has 1 amide bonds. The third-order valence-corrected chi connectivity index (χ3v) is 5.36. The van der Waals surface area contributed by atoms with Crippen LogP contribution in [0.5, 0.6) is 11.5 Å². The Bertz CT molecular complexity index is 1360. The summed E-state index contributed by atoms with van der Waals surface area (Å²) in [6, 6.07) is 20.5. The van der Waals surface area contributed by atoms with Crippen LogP contribution in [0.4, 0.5) is 0 Å². The lowest BCUT2D eigenvalue weighted by molar-refractivity contribution is 0.0929. The molecule has 0 saturated heterocycles. The van der Waals surface area contributed by atoms with Crippen LogP contribution in [-0.4, -0.2) is 18.7 Å². The number of hydrogen-bond donors (Lipinski definition) is 1. The second-order valence-electron chi connectivity index (χ2n) is 7.70. The van der Waals surface area contributed by atoms with Crippen molar-refractivity contribution in [3.8, 4) is 11.5 Å². The topological polar surface area (TPSA) is 73.1 Å². The van der Waals surface area contributed by atoms with E-state index in [-0.39, 0.29) is 5.76 Å². The van der Waals surface area contributed by atoms with Crippen LogP contribution in [0.2, 0.25) is 5.02 Å². The van der Waals surface area contributed by atoms with Crippen LogP contribution >= 0.6 is 11.6 Å². The number of halogens is 1. The Labute approximate surface area is 208 Å². The zero-order valence-corrected chi connectivity index (χ0v) is 20.0. The van der Waals surface area contributed by atoms with E-state index < -0.39 is 5.91 Å². The van der Waals surface area contributed by atoms with Crippen molar-refractivity contribution in [3.05, 3.63) is 107 Å². The first kappa shape index (κ1) is 24.1. The number of carbonyl (C=O) groups is 1. The zero-order valence-electron chi connectivity index (χ0n) is 19.3. The highest BCUT2D eigenvalue weighted by molar-refractivity contribution is 6.31. The highest BCUT2D eigenvalue weighted by Gasteiger charge is 2.14. The van der Waals surface area contributed by atoms with Crippen LogP contribution in [0.25, 0.3) is 11.0 Å². The molecule has 1 aromatic heterocycles. The number of rotatable bonds is 10. The number of nitrogens with one attached hydrogen (secondary N) is 1. The SMILES string of the molecule is C=CCc1cc(/C=N/NC(=O)c2cc3cc(Cl)ccc3o2)cc(OCC)c1OCc1ccccc1. The van der Waals surface area contributed by atoms with Crippen LogP contribution in [-0.2, 0) is 13.0 Å². The van der Waals surface area contributed by atoms with E-state index in [0.717, 1.165) is 22.1 Å². The third-order valence-electron chi connectivity index (χ3n) is 5.13. The average Bonchev–Trinajstić information content (AvgIpc) is 3.28. The highest BCUT2D eigenvalue weighted by Crippen LogP contribution is 2.34. The minimum atomic E-state index is -0.465. The Kier molecular flexibility index (Phi) is 7.85. The molecule has 0 aliphatic carbocycles. The number of amides is 1. The number of allylic oxidation sites excluding steroid dienone is 1. The van der Waals surface area contributed by atoms with E-state index in [1.165, 1.54) is 0 Å². The number of fused-ring (bicyclic) bond motifs is 1. The molecule has 0 aliphatic heterocycles. The predicted molar refractivity (Wildman–Crippen MR) is 139 cm³/mol. The third kappa shape index (κ3) is 6.11. The minimum Gasteiger partial charge on any atom is -0.490 e. The van der Waals surface area contributed by atoms with Crippen molar-refractivity contribution in [2.45, 2.75) is 20.0 Å². The van der Waals surface area contributed by atoms with Gasteiger partial charge >= 0.3 is 5.91 Å². The Morgan fingerprint density at radius 1 is 1.11 bits per heavy atom. The smallest absolute Gasteiger partial charge is 0.307 e. The summed E-state index contributed by atoms with van der Waals surface area (Å²) in [6.07, 6.45) is 3.93. The monoisotopic (exact) mass is 488 g/mol. The van der Waals surface area contributed by atoms with Crippen molar-refractivity contribution in [1.82, 2.24) is 5.43 Å². The number of ether oxygens (including phenoxy) is 2. The fourth-order valence-corrected chi connectivity index (χ4v) is 3.75. The number of benzene rings is 3. The zero-order chi connectivity index (χ0) is 24.6. The van der Waals surface area contributed by atoms with Crippen molar-refractivity contribution in [1.29, 1.82) is 0 Å². The van der Waals surface area contributed by atoms with Crippen LogP contribution < -0.4 is 14.9 Å². The van der Waals surface area contributed by atoms with E-state index >= 15 is 0 Å². The molecule has 35 heavy (non-hydrogen) atoms. The molecule has 0 aliphatic rings. The second-order valence-corrected chi connectivity index (χ2v) is 8.14. The maximum absolute atomic E-state index is 12.5. The molecular formula is C28H25ClN2O4. The van der Waals surface area contributed by atoms with Crippen molar-refractivity contribution in [3.63, 3.8) is 0 Å². The fraction of sp³-hybridized carbons (Fsp3) is 0.143. The van der Waals surface area contributed by atoms with Gasteiger partial charge in [0.05, 0.1) is 12.8 Å². The molecule has 1 heterocycles. The lowest BCUT2D eigenvalue weighted by Crippen LogP contribution is -2.16. The van der Waals surface area contributed by atoms with E-state index in [4.69, 9.17) is 25.5 Å². The Morgan fingerprint density at radius 2 is 1.94 bits per heavy atom. The summed E-state index contributed by atoms with van der Waals surface area (Å²) in [5.74, 6) is 0.946. The van der Waals surface area contributed by atoms with Crippen LogP contribution in [0, 0.1) is 0 Å². The van der Waals surface area contributed by atoms with E-state index in [1.807, 2.05) is 49.4 Å².